The second-order valence-electron chi connectivity index (χ2n) is 10.8. The zero-order chi connectivity index (χ0) is 28.9. The lowest BCUT2D eigenvalue weighted by atomic mass is 9.98. The molecule has 0 radical (unpaired) electrons. The first-order valence-corrected chi connectivity index (χ1v) is 14.7. The molecule has 1 N–H and O–H groups in total. The lowest BCUT2D eigenvalue weighted by molar-refractivity contribution is 0.135. The van der Waals surface area contributed by atoms with Gasteiger partial charge in [-0.2, -0.15) is 5.21 Å². The van der Waals surface area contributed by atoms with Crippen LogP contribution < -0.4 is 0 Å². The van der Waals surface area contributed by atoms with Crippen LogP contribution in [0.3, 0.4) is 0 Å². The van der Waals surface area contributed by atoms with Crippen LogP contribution in [0.5, 0.6) is 0 Å². The van der Waals surface area contributed by atoms with E-state index in [1.165, 1.54) is 16.8 Å². The number of fused-ring (bicyclic) bond motifs is 1. The van der Waals surface area contributed by atoms with Gasteiger partial charge in [-0.3, -0.25) is 0 Å². The van der Waals surface area contributed by atoms with Crippen molar-refractivity contribution in [1.82, 2.24) is 35.3 Å². The van der Waals surface area contributed by atoms with E-state index < -0.39 is 0 Å². The van der Waals surface area contributed by atoms with E-state index in [4.69, 9.17) is 9.73 Å². The molecule has 1 aromatic heterocycles. The predicted molar refractivity (Wildman–Crippen MR) is 165 cm³/mol. The van der Waals surface area contributed by atoms with Crippen LogP contribution >= 0.6 is 0 Å². The summed E-state index contributed by atoms with van der Waals surface area (Å²) in [6.07, 6.45) is 4.50. The van der Waals surface area contributed by atoms with E-state index in [9.17, 15) is 0 Å². The van der Waals surface area contributed by atoms with Crippen molar-refractivity contribution in [2.75, 3.05) is 26.9 Å². The Labute approximate surface area is 247 Å². The average Bonchev–Trinajstić information content (AvgIpc) is 3.69. The molecule has 0 bridgehead atoms. The van der Waals surface area contributed by atoms with Gasteiger partial charge in [0.05, 0.1) is 25.0 Å². The maximum absolute atomic E-state index is 5.49. The zero-order valence-corrected chi connectivity index (χ0v) is 24.5. The molecule has 9 heteroatoms. The highest BCUT2D eigenvalue weighted by molar-refractivity contribution is 6.00. The predicted octanol–water partition coefficient (Wildman–Crippen LogP) is 5.70. The number of ether oxygens (including phenoxy) is 1. The number of hydrogen-bond acceptors (Lipinski definition) is 8. The van der Waals surface area contributed by atoms with Crippen molar-refractivity contribution in [3.63, 3.8) is 0 Å². The summed E-state index contributed by atoms with van der Waals surface area (Å²) >= 11 is 0. The van der Waals surface area contributed by atoms with E-state index in [1.807, 2.05) is 18.2 Å². The maximum Gasteiger partial charge on any atom is 0.205 e. The smallest absolute Gasteiger partial charge is 0.205 e. The van der Waals surface area contributed by atoms with Crippen molar-refractivity contribution < 1.29 is 4.74 Å². The van der Waals surface area contributed by atoms with Crippen molar-refractivity contribution in [2.24, 2.45) is 4.99 Å². The molecule has 4 aromatic rings. The number of H-pyrrole nitrogens is 1. The van der Waals surface area contributed by atoms with Gasteiger partial charge in [0.1, 0.15) is 6.17 Å². The number of tetrazole rings is 1. The second-order valence-corrected chi connectivity index (χ2v) is 10.8. The van der Waals surface area contributed by atoms with Crippen LogP contribution in [-0.2, 0) is 11.3 Å². The summed E-state index contributed by atoms with van der Waals surface area (Å²) in [5.41, 5.74) is 6.88. The Bertz CT molecular complexity index is 1520. The third kappa shape index (κ3) is 5.65. The van der Waals surface area contributed by atoms with Crippen LogP contribution in [0.25, 0.3) is 22.5 Å². The maximum atomic E-state index is 5.49. The lowest BCUT2D eigenvalue weighted by Crippen LogP contribution is -2.47. The molecule has 42 heavy (non-hydrogen) atoms. The monoisotopic (exact) mass is 562 g/mol. The molecule has 3 aromatic carbocycles. The van der Waals surface area contributed by atoms with E-state index >= 15 is 0 Å². The summed E-state index contributed by atoms with van der Waals surface area (Å²) in [6, 6.07) is 27.9. The van der Waals surface area contributed by atoms with Crippen molar-refractivity contribution in [3.8, 4) is 22.5 Å². The number of aromatic amines is 1. The Morgan fingerprint density at radius 3 is 2.45 bits per heavy atom. The highest BCUT2D eigenvalue weighted by atomic mass is 16.5. The molecule has 0 amide bonds. The van der Waals surface area contributed by atoms with Crippen LogP contribution in [-0.4, -0.2) is 74.3 Å². The van der Waals surface area contributed by atoms with E-state index in [1.54, 1.807) is 7.11 Å². The quantitative estimate of drug-likeness (QED) is 0.251. The fourth-order valence-electron chi connectivity index (χ4n) is 5.80. The Morgan fingerprint density at radius 1 is 0.976 bits per heavy atom. The average molecular weight is 563 g/mol. The highest BCUT2D eigenvalue weighted by Crippen LogP contribution is 2.35. The van der Waals surface area contributed by atoms with Gasteiger partial charge in [0, 0.05) is 32.0 Å². The van der Waals surface area contributed by atoms with E-state index in [2.05, 4.69) is 116 Å². The van der Waals surface area contributed by atoms with E-state index in [-0.39, 0.29) is 12.2 Å². The first-order chi connectivity index (χ1) is 20.7. The molecule has 9 nitrogen and oxygen atoms in total. The van der Waals surface area contributed by atoms with Crippen molar-refractivity contribution in [1.29, 1.82) is 0 Å². The van der Waals surface area contributed by atoms with Crippen LogP contribution in [0, 0.1) is 0 Å². The summed E-state index contributed by atoms with van der Waals surface area (Å²) in [7, 11) is 1.76. The SMILES string of the molecule is CCCC1N=C2C(=CN(C(C)c3ccccc3)CN2CCOC)N1Cc1ccc(-c2ccccc2-c2nn[nH]n2)cc1. The molecule has 0 saturated heterocycles. The van der Waals surface area contributed by atoms with Gasteiger partial charge in [0.25, 0.3) is 0 Å². The van der Waals surface area contributed by atoms with Gasteiger partial charge in [0.2, 0.25) is 5.82 Å². The van der Waals surface area contributed by atoms with Gasteiger partial charge in [0.15, 0.2) is 5.84 Å². The number of aliphatic imine (C=N–C) groups is 1. The molecule has 2 atom stereocenters. The number of benzene rings is 3. The molecule has 3 heterocycles. The van der Waals surface area contributed by atoms with Gasteiger partial charge >= 0.3 is 0 Å². The fraction of sp³-hybridized carbons (Fsp3) is 0.333. The summed E-state index contributed by atoms with van der Waals surface area (Å²) in [5, 5.41) is 14.7. The molecular weight excluding hydrogens is 524 g/mol. The summed E-state index contributed by atoms with van der Waals surface area (Å²) in [4.78, 5) is 12.6. The minimum atomic E-state index is 0.104. The standard InChI is InChI=1S/C33H38N8O/c1-4-10-31-34-33-30(22-40(23-39(33)19-20-42-3)24(2)26-11-6-5-7-12-26)41(31)21-25-15-17-27(18-16-25)28-13-8-9-14-29(28)32-35-37-38-36-32/h5-9,11-18,22,24,31H,4,10,19-21,23H2,1-3H3,(H,35,36,37,38). The first kappa shape index (κ1) is 27.7. The lowest BCUT2D eigenvalue weighted by Gasteiger charge is -2.41. The Kier molecular flexibility index (Phi) is 8.28. The Morgan fingerprint density at radius 2 is 1.74 bits per heavy atom. The van der Waals surface area contributed by atoms with E-state index in [0.717, 1.165) is 55.1 Å². The number of methoxy groups -OCH3 is 1. The molecule has 2 unspecified atom stereocenters. The van der Waals surface area contributed by atoms with Crippen LogP contribution in [0.1, 0.15) is 43.9 Å². The number of hydrogen-bond donors (Lipinski definition) is 1. The minimum Gasteiger partial charge on any atom is -0.383 e. The number of rotatable bonds is 11. The molecule has 0 saturated carbocycles. The summed E-state index contributed by atoms with van der Waals surface area (Å²) in [6.45, 7) is 7.52. The largest absolute Gasteiger partial charge is 0.383 e. The Balaban J connectivity index is 1.29. The molecule has 2 aliphatic rings. The van der Waals surface area contributed by atoms with Crippen molar-refractivity contribution in [2.45, 2.75) is 45.4 Å². The van der Waals surface area contributed by atoms with Gasteiger partial charge in [-0.15, -0.1) is 10.2 Å². The van der Waals surface area contributed by atoms with Gasteiger partial charge in [-0.25, -0.2) is 4.99 Å². The van der Waals surface area contributed by atoms with Crippen LogP contribution in [0.2, 0.25) is 0 Å². The number of nitrogens with zero attached hydrogens (tertiary/aromatic N) is 7. The fourth-order valence-corrected chi connectivity index (χ4v) is 5.80. The Hall–Kier alpha value is -4.50. The first-order valence-electron chi connectivity index (χ1n) is 14.7. The highest BCUT2D eigenvalue weighted by Gasteiger charge is 2.37. The number of aromatic nitrogens is 4. The molecule has 0 aliphatic carbocycles. The third-order valence-electron chi connectivity index (χ3n) is 8.11. The summed E-state index contributed by atoms with van der Waals surface area (Å²) < 4.78 is 5.49. The zero-order valence-electron chi connectivity index (χ0n) is 24.5. The van der Waals surface area contributed by atoms with Crippen molar-refractivity contribution >= 4 is 5.84 Å². The molecule has 2 aliphatic heterocycles. The van der Waals surface area contributed by atoms with Crippen LogP contribution in [0.4, 0.5) is 0 Å². The number of nitrogens with one attached hydrogen (secondary N) is 1. The topological polar surface area (TPSA) is 85.8 Å². The molecule has 216 valence electrons. The molecule has 0 fully saturated rings. The number of amidine groups is 1. The van der Waals surface area contributed by atoms with Gasteiger partial charge < -0.3 is 19.4 Å². The van der Waals surface area contributed by atoms with Crippen molar-refractivity contribution in [3.05, 3.63) is 102 Å². The van der Waals surface area contributed by atoms with Gasteiger partial charge in [-0.1, -0.05) is 92.2 Å². The second kappa shape index (κ2) is 12.6. The minimum absolute atomic E-state index is 0.104. The molecule has 0 spiro atoms. The third-order valence-corrected chi connectivity index (χ3v) is 8.11. The van der Waals surface area contributed by atoms with Gasteiger partial charge in [-0.05, 0) is 40.8 Å². The summed E-state index contributed by atoms with van der Waals surface area (Å²) in [5.74, 6) is 1.67. The normalized spacial score (nSPS) is 17.2. The molecule has 6 rings (SSSR count). The van der Waals surface area contributed by atoms with E-state index in [0.29, 0.717) is 12.4 Å². The molecular formula is C33H38N8O. The van der Waals surface area contributed by atoms with Crippen LogP contribution in [0.15, 0.2) is 95.8 Å².